The zero-order valence-corrected chi connectivity index (χ0v) is 28.1. The molecule has 238 valence electrons. The van der Waals surface area contributed by atoms with E-state index in [1.807, 2.05) is 0 Å². The highest BCUT2D eigenvalue weighted by molar-refractivity contribution is 6.03. The summed E-state index contributed by atoms with van der Waals surface area (Å²) < 4.78 is 0. The van der Waals surface area contributed by atoms with Crippen molar-refractivity contribution in [2.24, 2.45) is 0 Å². The molecule has 0 aliphatic heterocycles. The third-order valence-corrected chi connectivity index (χ3v) is 11.4. The first-order valence-corrected chi connectivity index (χ1v) is 18.0. The Morgan fingerprint density at radius 1 is 0.469 bits per heavy atom. The number of hydrogen-bond acceptors (Lipinski definition) is 1. The average molecular weight is 632 g/mol. The number of para-hydroxylation sites is 2. The van der Waals surface area contributed by atoms with E-state index < -0.39 is 0 Å². The van der Waals surface area contributed by atoms with Gasteiger partial charge in [0.2, 0.25) is 0 Å². The van der Waals surface area contributed by atoms with E-state index in [-0.39, 0.29) is 5.41 Å². The third-order valence-electron chi connectivity index (χ3n) is 11.4. The van der Waals surface area contributed by atoms with Gasteiger partial charge in [-0.1, -0.05) is 165 Å². The van der Waals surface area contributed by atoms with Crippen molar-refractivity contribution in [3.8, 4) is 33.4 Å². The second-order valence-corrected chi connectivity index (χ2v) is 14.1. The lowest BCUT2D eigenvalue weighted by atomic mass is 9.74. The molecule has 0 radical (unpaired) electrons. The standard InChI is InChI=1S/C48H41N/c1-48(35-21-6-3-7-22-35)42-29-11-8-25-41(42)47-40(28-16-30-43(47)48)38-24-10-13-32-45(38)49-44-31-12-9-23-37(44)39-27-15-20-34-19-14-26-36(46(34)39)33-17-4-2-5-18-33/h3,6-16,19-33,49H,2,4-5,17-18H2,1H3. The molecule has 1 unspecified atom stereocenters. The topological polar surface area (TPSA) is 12.0 Å². The van der Waals surface area contributed by atoms with Crippen LogP contribution in [0.25, 0.3) is 44.2 Å². The SMILES string of the molecule is CC1(c2ccccc2)c2ccccc2-c2c(-c3ccccc3Nc3ccccc3-c3cccc4cccc(C5CCCCC5)c34)cccc21. The third kappa shape index (κ3) is 4.91. The molecule has 7 aromatic rings. The summed E-state index contributed by atoms with van der Waals surface area (Å²) >= 11 is 0. The van der Waals surface area contributed by atoms with Crippen LogP contribution >= 0.6 is 0 Å². The Kier molecular flexibility index (Phi) is 7.42. The lowest BCUT2D eigenvalue weighted by Gasteiger charge is -2.28. The van der Waals surface area contributed by atoms with Crippen molar-refractivity contribution in [1.82, 2.24) is 0 Å². The summed E-state index contributed by atoms with van der Waals surface area (Å²) in [7, 11) is 0. The quantitative estimate of drug-likeness (QED) is 0.193. The smallest absolute Gasteiger partial charge is 0.0464 e. The molecule has 0 heterocycles. The summed E-state index contributed by atoms with van der Waals surface area (Å²) in [4.78, 5) is 0. The Bertz CT molecular complexity index is 2300. The van der Waals surface area contributed by atoms with Gasteiger partial charge in [0.05, 0.1) is 0 Å². The summed E-state index contributed by atoms with van der Waals surface area (Å²) in [5.41, 5.74) is 15.2. The van der Waals surface area contributed by atoms with Gasteiger partial charge in [0.1, 0.15) is 0 Å². The van der Waals surface area contributed by atoms with Crippen LogP contribution in [0, 0.1) is 0 Å². The van der Waals surface area contributed by atoms with E-state index in [0.717, 1.165) is 11.4 Å². The molecule has 7 aromatic carbocycles. The summed E-state index contributed by atoms with van der Waals surface area (Å²) in [6.45, 7) is 2.39. The summed E-state index contributed by atoms with van der Waals surface area (Å²) in [6.07, 6.45) is 6.59. The number of nitrogens with one attached hydrogen (secondary N) is 1. The molecule has 1 saturated carbocycles. The molecule has 0 aromatic heterocycles. The van der Waals surface area contributed by atoms with Crippen molar-refractivity contribution in [1.29, 1.82) is 0 Å². The Labute approximate surface area is 290 Å². The van der Waals surface area contributed by atoms with Crippen LogP contribution in [0.15, 0.2) is 158 Å². The molecule has 1 heteroatoms. The molecule has 2 aliphatic rings. The first-order chi connectivity index (χ1) is 24.2. The van der Waals surface area contributed by atoms with Crippen molar-refractivity contribution in [2.75, 3.05) is 5.32 Å². The van der Waals surface area contributed by atoms with Gasteiger partial charge in [-0.3, -0.25) is 0 Å². The van der Waals surface area contributed by atoms with E-state index in [4.69, 9.17) is 0 Å². The van der Waals surface area contributed by atoms with Crippen molar-refractivity contribution < 1.29 is 0 Å². The van der Waals surface area contributed by atoms with Crippen LogP contribution in [0.3, 0.4) is 0 Å². The number of rotatable bonds is 6. The minimum absolute atomic E-state index is 0.234. The van der Waals surface area contributed by atoms with Gasteiger partial charge in [-0.25, -0.2) is 0 Å². The summed E-state index contributed by atoms with van der Waals surface area (Å²) in [5, 5.41) is 6.71. The summed E-state index contributed by atoms with van der Waals surface area (Å²) in [5.74, 6) is 0.629. The maximum atomic E-state index is 3.97. The molecule has 1 N–H and O–H groups in total. The van der Waals surface area contributed by atoms with Crippen LogP contribution in [0.1, 0.15) is 67.2 Å². The lowest BCUT2D eigenvalue weighted by molar-refractivity contribution is 0.445. The van der Waals surface area contributed by atoms with Gasteiger partial charge < -0.3 is 5.32 Å². The van der Waals surface area contributed by atoms with E-state index >= 15 is 0 Å². The monoisotopic (exact) mass is 631 g/mol. The van der Waals surface area contributed by atoms with Crippen molar-refractivity contribution in [3.63, 3.8) is 0 Å². The van der Waals surface area contributed by atoms with Gasteiger partial charge in [-0.2, -0.15) is 0 Å². The largest absolute Gasteiger partial charge is 0.355 e. The van der Waals surface area contributed by atoms with E-state index in [1.54, 1.807) is 0 Å². The summed E-state index contributed by atoms with van der Waals surface area (Å²) in [6, 6.07) is 58.3. The predicted molar refractivity (Wildman–Crippen MR) is 208 cm³/mol. The van der Waals surface area contributed by atoms with Crippen molar-refractivity contribution in [3.05, 3.63) is 180 Å². The molecule has 2 aliphatic carbocycles. The highest BCUT2D eigenvalue weighted by atomic mass is 14.9. The fourth-order valence-corrected chi connectivity index (χ4v) is 9.00. The average Bonchev–Trinajstić information content (AvgIpc) is 3.44. The van der Waals surface area contributed by atoms with Gasteiger partial charge in [-0.15, -0.1) is 0 Å². The lowest BCUT2D eigenvalue weighted by Crippen LogP contribution is -2.22. The highest BCUT2D eigenvalue weighted by Crippen LogP contribution is 2.55. The van der Waals surface area contributed by atoms with E-state index in [9.17, 15) is 0 Å². The van der Waals surface area contributed by atoms with Crippen LogP contribution in [-0.2, 0) is 5.41 Å². The molecule has 0 amide bonds. The highest BCUT2D eigenvalue weighted by Gasteiger charge is 2.41. The molecule has 0 spiro atoms. The first kappa shape index (κ1) is 29.7. The van der Waals surface area contributed by atoms with Gasteiger partial charge in [-0.05, 0) is 93.1 Å². The van der Waals surface area contributed by atoms with Crippen LogP contribution in [0.4, 0.5) is 11.4 Å². The zero-order chi connectivity index (χ0) is 32.8. The first-order valence-electron chi connectivity index (χ1n) is 18.0. The van der Waals surface area contributed by atoms with E-state index in [2.05, 4.69) is 170 Å². The van der Waals surface area contributed by atoms with E-state index in [1.165, 1.54) is 98.5 Å². The predicted octanol–water partition coefficient (Wildman–Crippen LogP) is 13.3. The number of hydrogen-bond donors (Lipinski definition) is 1. The van der Waals surface area contributed by atoms with Crippen LogP contribution in [-0.4, -0.2) is 0 Å². The molecular weight excluding hydrogens is 591 g/mol. The fourth-order valence-electron chi connectivity index (χ4n) is 9.00. The Morgan fingerprint density at radius 2 is 1.02 bits per heavy atom. The van der Waals surface area contributed by atoms with Crippen molar-refractivity contribution in [2.45, 2.75) is 50.4 Å². The number of benzene rings is 7. The fraction of sp³-hybridized carbons (Fsp3) is 0.167. The normalized spacial score (nSPS) is 17.1. The van der Waals surface area contributed by atoms with Crippen LogP contribution < -0.4 is 5.32 Å². The minimum Gasteiger partial charge on any atom is -0.355 e. The van der Waals surface area contributed by atoms with Crippen LogP contribution in [0.5, 0.6) is 0 Å². The van der Waals surface area contributed by atoms with E-state index in [0.29, 0.717) is 5.92 Å². The molecular formula is C48H41N. The minimum atomic E-state index is -0.234. The maximum absolute atomic E-state index is 3.97. The Hall–Kier alpha value is -5.40. The molecule has 0 saturated heterocycles. The van der Waals surface area contributed by atoms with Gasteiger partial charge >= 0.3 is 0 Å². The van der Waals surface area contributed by atoms with Crippen LogP contribution in [0.2, 0.25) is 0 Å². The molecule has 1 nitrogen and oxygen atoms in total. The molecule has 0 bridgehead atoms. The second-order valence-electron chi connectivity index (χ2n) is 14.1. The molecule has 1 atom stereocenters. The van der Waals surface area contributed by atoms with Gasteiger partial charge in [0.15, 0.2) is 0 Å². The van der Waals surface area contributed by atoms with Gasteiger partial charge in [0, 0.05) is 27.9 Å². The van der Waals surface area contributed by atoms with Gasteiger partial charge in [0.25, 0.3) is 0 Å². The maximum Gasteiger partial charge on any atom is 0.0464 e. The number of fused-ring (bicyclic) bond motifs is 4. The molecule has 49 heavy (non-hydrogen) atoms. The molecule has 1 fully saturated rings. The number of anilines is 2. The Morgan fingerprint density at radius 3 is 1.78 bits per heavy atom. The molecule has 9 rings (SSSR count). The van der Waals surface area contributed by atoms with Crippen molar-refractivity contribution >= 4 is 22.1 Å². The zero-order valence-electron chi connectivity index (χ0n) is 28.1. The Balaban J connectivity index is 1.18. The second kappa shape index (κ2) is 12.2.